The number of nitrogens with one attached hydrogen (secondary N) is 1. The van der Waals surface area contributed by atoms with Gasteiger partial charge < -0.3 is 4.90 Å². The summed E-state index contributed by atoms with van der Waals surface area (Å²) in [4.78, 5) is 18.1. The molecule has 0 fully saturated rings. The number of aromatic nitrogens is 5. The zero-order chi connectivity index (χ0) is 14.0. The SMILES string of the molecule is Cc1nc(CN(C)C(=O)C(C)c2ccnn2C)n[nH]1. The number of aromatic amines is 1. The van der Waals surface area contributed by atoms with Crippen LogP contribution in [0.1, 0.15) is 30.2 Å². The van der Waals surface area contributed by atoms with Gasteiger partial charge in [0.15, 0.2) is 5.82 Å². The van der Waals surface area contributed by atoms with Crippen LogP contribution in [-0.4, -0.2) is 42.8 Å². The molecule has 0 saturated heterocycles. The maximum absolute atomic E-state index is 12.3. The third-order valence-electron chi connectivity index (χ3n) is 3.07. The predicted octanol–water partition coefficient (Wildman–Crippen LogP) is 0.609. The summed E-state index contributed by atoms with van der Waals surface area (Å²) in [6, 6.07) is 1.85. The number of aryl methyl sites for hydroxylation is 2. The Kier molecular flexibility index (Phi) is 3.64. The molecular formula is C12H18N6O. The number of rotatable bonds is 4. The molecule has 2 heterocycles. The molecule has 1 atom stereocenters. The smallest absolute Gasteiger partial charge is 0.231 e. The highest BCUT2D eigenvalue weighted by atomic mass is 16.2. The standard InChI is InChI=1S/C12H18N6O/c1-8(10-5-6-13-18(10)4)12(19)17(3)7-11-14-9(2)15-16-11/h5-6,8H,7H2,1-4H3,(H,14,15,16). The minimum Gasteiger partial charge on any atom is -0.338 e. The van der Waals surface area contributed by atoms with E-state index in [4.69, 9.17) is 0 Å². The van der Waals surface area contributed by atoms with Gasteiger partial charge in [-0.05, 0) is 19.9 Å². The molecular weight excluding hydrogens is 244 g/mol. The van der Waals surface area contributed by atoms with E-state index in [0.29, 0.717) is 12.4 Å². The second kappa shape index (κ2) is 5.21. The van der Waals surface area contributed by atoms with E-state index >= 15 is 0 Å². The lowest BCUT2D eigenvalue weighted by atomic mass is 10.1. The van der Waals surface area contributed by atoms with Crippen LogP contribution in [0.3, 0.4) is 0 Å². The Hall–Kier alpha value is -2.18. The highest BCUT2D eigenvalue weighted by Gasteiger charge is 2.22. The fourth-order valence-corrected chi connectivity index (χ4v) is 2.02. The molecule has 0 aliphatic rings. The Morgan fingerprint density at radius 1 is 1.58 bits per heavy atom. The summed E-state index contributed by atoms with van der Waals surface area (Å²) in [5.74, 6) is 1.14. The van der Waals surface area contributed by atoms with Gasteiger partial charge in [0.2, 0.25) is 5.91 Å². The number of carbonyl (C=O) groups excluding carboxylic acids is 1. The van der Waals surface area contributed by atoms with Crippen LogP contribution in [-0.2, 0) is 18.4 Å². The zero-order valence-electron chi connectivity index (χ0n) is 11.6. The van der Waals surface area contributed by atoms with Crippen LogP contribution in [0.25, 0.3) is 0 Å². The molecule has 102 valence electrons. The Bertz CT molecular complexity index is 572. The summed E-state index contributed by atoms with van der Waals surface area (Å²) in [5.41, 5.74) is 0.892. The van der Waals surface area contributed by atoms with Crippen molar-refractivity contribution in [1.29, 1.82) is 0 Å². The first-order chi connectivity index (χ1) is 8.99. The second-order valence-corrected chi connectivity index (χ2v) is 4.63. The topological polar surface area (TPSA) is 79.7 Å². The summed E-state index contributed by atoms with van der Waals surface area (Å²) in [5, 5.41) is 10.9. The van der Waals surface area contributed by atoms with Crippen molar-refractivity contribution < 1.29 is 4.79 Å². The maximum Gasteiger partial charge on any atom is 0.231 e. The number of amides is 1. The Morgan fingerprint density at radius 3 is 2.84 bits per heavy atom. The van der Waals surface area contributed by atoms with Crippen molar-refractivity contribution in [2.24, 2.45) is 7.05 Å². The number of carbonyl (C=O) groups is 1. The Labute approximate surface area is 111 Å². The number of likely N-dealkylation sites (N-methyl/N-ethyl adjacent to an activating group) is 1. The van der Waals surface area contributed by atoms with Crippen LogP contribution in [0, 0.1) is 6.92 Å². The van der Waals surface area contributed by atoms with Crippen molar-refractivity contribution >= 4 is 5.91 Å². The van der Waals surface area contributed by atoms with Gasteiger partial charge in [0, 0.05) is 20.3 Å². The minimum absolute atomic E-state index is 0.0195. The van der Waals surface area contributed by atoms with Crippen molar-refractivity contribution in [3.05, 3.63) is 29.6 Å². The first kappa shape index (κ1) is 13.3. The number of hydrogen-bond donors (Lipinski definition) is 1. The zero-order valence-corrected chi connectivity index (χ0v) is 11.6. The number of H-pyrrole nitrogens is 1. The quantitative estimate of drug-likeness (QED) is 0.875. The van der Waals surface area contributed by atoms with Crippen LogP contribution in [0.15, 0.2) is 12.3 Å². The van der Waals surface area contributed by atoms with Gasteiger partial charge in [-0.2, -0.15) is 10.2 Å². The van der Waals surface area contributed by atoms with Crippen molar-refractivity contribution in [1.82, 2.24) is 29.9 Å². The van der Waals surface area contributed by atoms with Crippen molar-refractivity contribution in [3.8, 4) is 0 Å². The van der Waals surface area contributed by atoms with Gasteiger partial charge in [0.1, 0.15) is 5.82 Å². The summed E-state index contributed by atoms with van der Waals surface area (Å²) in [6.07, 6.45) is 1.69. The lowest BCUT2D eigenvalue weighted by Gasteiger charge is -2.20. The number of nitrogens with zero attached hydrogens (tertiary/aromatic N) is 5. The first-order valence-electron chi connectivity index (χ1n) is 6.09. The molecule has 0 spiro atoms. The van der Waals surface area contributed by atoms with Crippen LogP contribution < -0.4 is 0 Å². The largest absolute Gasteiger partial charge is 0.338 e. The predicted molar refractivity (Wildman–Crippen MR) is 69.2 cm³/mol. The molecule has 0 radical (unpaired) electrons. The average molecular weight is 262 g/mol. The third kappa shape index (κ3) is 2.81. The molecule has 0 aliphatic carbocycles. The monoisotopic (exact) mass is 262 g/mol. The molecule has 2 aromatic rings. The van der Waals surface area contributed by atoms with E-state index in [1.165, 1.54) is 0 Å². The second-order valence-electron chi connectivity index (χ2n) is 4.63. The fraction of sp³-hybridized carbons (Fsp3) is 0.500. The lowest BCUT2D eigenvalue weighted by molar-refractivity contribution is -0.131. The molecule has 0 aromatic carbocycles. The summed E-state index contributed by atoms with van der Waals surface area (Å²) in [7, 11) is 3.58. The average Bonchev–Trinajstić information content (AvgIpc) is 2.96. The first-order valence-corrected chi connectivity index (χ1v) is 6.09. The molecule has 19 heavy (non-hydrogen) atoms. The maximum atomic E-state index is 12.3. The van der Waals surface area contributed by atoms with Crippen LogP contribution in [0.4, 0.5) is 0 Å². The minimum atomic E-state index is -0.238. The van der Waals surface area contributed by atoms with E-state index in [9.17, 15) is 4.79 Å². The van der Waals surface area contributed by atoms with E-state index in [0.717, 1.165) is 11.5 Å². The highest BCUT2D eigenvalue weighted by molar-refractivity contribution is 5.82. The lowest BCUT2D eigenvalue weighted by Crippen LogP contribution is -2.31. The summed E-state index contributed by atoms with van der Waals surface area (Å²) >= 11 is 0. The van der Waals surface area contributed by atoms with Crippen molar-refractivity contribution in [2.45, 2.75) is 26.3 Å². The van der Waals surface area contributed by atoms with Crippen LogP contribution >= 0.6 is 0 Å². The van der Waals surface area contributed by atoms with Gasteiger partial charge in [-0.3, -0.25) is 14.6 Å². The van der Waals surface area contributed by atoms with E-state index in [1.54, 1.807) is 22.8 Å². The molecule has 7 nitrogen and oxygen atoms in total. The molecule has 1 unspecified atom stereocenters. The van der Waals surface area contributed by atoms with Gasteiger partial charge in [-0.25, -0.2) is 4.98 Å². The highest BCUT2D eigenvalue weighted by Crippen LogP contribution is 2.17. The molecule has 0 aliphatic heterocycles. The van der Waals surface area contributed by atoms with Crippen molar-refractivity contribution in [2.75, 3.05) is 7.05 Å². The Balaban J connectivity index is 2.05. The van der Waals surface area contributed by atoms with E-state index in [2.05, 4.69) is 20.3 Å². The number of hydrogen-bond acceptors (Lipinski definition) is 4. The van der Waals surface area contributed by atoms with Gasteiger partial charge in [0.05, 0.1) is 18.2 Å². The summed E-state index contributed by atoms with van der Waals surface area (Å²) in [6.45, 7) is 4.10. The van der Waals surface area contributed by atoms with Gasteiger partial charge in [-0.15, -0.1) is 0 Å². The molecule has 1 amide bonds. The normalized spacial score (nSPS) is 12.4. The van der Waals surface area contributed by atoms with E-state index in [-0.39, 0.29) is 11.8 Å². The third-order valence-corrected chi connectivity index (χ3v) is 3.07. The van der Waals surface area contributed by atoms with E-state index < -0.39 is 0 Å². The fourth-order valence-electron chi connectivity index (χ4n) is 2.02. The molecule has 0 bridgehead atoms. The van der Waals surface area contributed by atoms with Gasteiger partial charge >= 0.3 is 0 Å². The van der Waals surface area contributed by atoms with Crippen LogP contribution in [0.2, 0.25) is 0 Å². The molecule has 0 saturated carbocycles. The molecule has 7 heteroatoms. The van der Waals surface area contributed by atoms with Crippen LogP contribution in [0.5, 0.6) is 0 Å². The van der Waals surface area contributed by atoms with Gasteiger partial charge in [-0.1, -0.05) is 0 Å². The van der Waals surface area contributed by atoms with Crippen molar-refractivity contribution in [3.63, 3.8) is 0 Å². The Morgan fingerprint density at radius 2 is 2.32 bits per heavy atom. The summed E-state index contributed by atoms with van der Waals surface area (Å²) < 4.78 is 1.72. The molecule has 2 rings (SSSR count). The van der Waals surface area contributed by atoms with E-state index in [1.807, 2.05) is 27.0 Å². The molecule has 1 N–H and O–H groups in total. The molecule has 2 aromatic heterocycles. The van der Waals surface area contributed by atoms with Gasteiger partial charge in [0.25, 0.3) is 0 Å².